The van der Waals surface area contributed by atoms with Crippen LogP contribution in [-0.2, 0) is 10.3 Å². The minimum atomic E-state index is -1.31. The van der Waals surface area contributed by atoms with Crippen molar-refractivity contribution in [1.82, 2.24) is 4.98 Å². The van der Waals surface area contributed by atoms with Crippen LogP contribution in [0.4, 0.5) is 5.82 Å². The molecule has 1 atom stereocenters. The molecule has 4 aromatic rings. The second-order valence-corrected chi connectivity index (χ2v) is 7.86. The van der Waals surface area contributed by atoms with Gasteiger partial charge in [-0.1, -0.05) is 24.3 Å². The Kier molecular flexibility index (Phi) is 4.28. The summed E-state index contributed by atoms with van der Waals surface area (Å²) < 4.78 is 12.2. The third kappa shape index (κ3) is 2.82. The van der Waals surface area contributed by atoms with Crippen LogP contribution < -0.4 is 10.2 Å². The van der Waals surface area contributed by atoms with Crippen molar-refractivity contribution in [1.29, 1.82) is 0 Å². The summed E-state index contributed by atoms with van der Waals surface area (Å²) in [6.07, 6.45) is 3.04. The van der Waals surface area contributed by atoms with E-state index in [1.807, 2.05) is 18.2 Å². The van der Waals surface area contributed by atoms with Crippen molar-refractivity contribution in [3.63, 3.8) is 0 Å². The molecule has 1 unspecified atom stereocenters. The van der Waals surface area contributed by atoms with Gasteiger partial charge in [-0.25, -0.2) is 9.78 Å². The van der Waals surface area contributed by atoms with Crippen LogP contribution in [0, 0.1) is 0 Å². The van der Waals surface area contributed by atoms with Crippen molar-refractivity contribution in [2.45, 2.75) is 5.60 Å². The third-order valence-electron chi connectivity index (χ3n) is 5.92. The van der Waals surface area contributed by atoms with Crippen LogP contribution in [0.3, 0.4) is 0 Å². The molecule has 0 radical (unpaired) electrons. The summed E-state index contributed by atoms with van der Waals surface area (Å²) in [5.74, 6) is 0.518. The van der Waals surface area contributed by atoms with E-state index < -0.39 is 11.6 Å². The first-order valence-electron chi connectivity index (χ1n) is 10.5. The molecule has 0 saturated heterocycles. The predicted octanol–water partition coefficient (Wildman–Crippen LogP) is 4.51. The van der Waals surface area contributed by atoms with E-state index in [0.717, 1.165) is 0 Å². The number of phenols is 2. The lowest BCUT2D eigenvalue weighted by Crippen LogP contribution is -2.33. The molecule has 166 valence electrons. The highest BCUT2D eigenvalue weighted by Crippen LogP contribution is 2.57. The van der Waals surface area contributed by atoms with Crippen molar-refractivity contribution < 1.29 is 24.5 Å². The number of carbonyl (C=O) groups excluding carboxylic acids is 1. The molecule has 3 heterocycles. The number of benzene rings is 3. The van der Waals surface area contributed by atoms with Gasteiger partial charge in [0.1, 0.15) is 28.8 Å². The van der Waals surface area contributed by atoms with Crippen molar-refractivity contribution in [2.24, 2.45) is 5.10 Å². The summed E-state index contributed by atoms with van der Waals surface area (Å²) in [5.41, 5.74) is 3.95. The summed E-state index contributed by atoms with van der Waals surface area (Å²) in [4.78, 5) is 17.0. The second-order valence-electron chi connectivity index (χ2n) is 7.86. The number of anilines is 1. The minimum Gasteiger partial charge on any atom is -0.508 e. The van der Waals surface area contributed by atoms with Crippen molar-refractivity contribution in [3.05, 3.63) is 107 Å². The highest BCUT2D eigenvalue weighted by molar-refractivity contribution is 5.98. The van der Waals surface area contributed by atoms with Gasteiger partial charge in [0, 0.05) is 29.0 Å². The van der Waals surface area contributed by atoms with Gasteiger partial charge in [-0.2, -0.15) is 5.10 Å². The lowest BCUT2D eigenvalue weighted by Gasteiger charge is -2.37. The number of pyridine rings is 1. The fourth-order valence-electron chi connectivity index (χ4n) is 4.45. The van der Waals surface area contributed by atoms with Crippen LogP contribution in [-0.4, -0.2) is 27.4 Å². The van der Waals surface area contributed by atoms with Crippen LogP contribution >= 0.6 is 0 Å². The molecule has 8 nitrogen and oxygen atoms in total. The summed E-state index contributed by atoms with van der Waals surface area (Å²) >= 11 is 0. The molecule has 6 rings (SSSR count). The average molecular weight is 451 g/mol. The van der Waals surface area contributed by atoms with E-state index in [-0.39, 0.29) is 22.8 Å². The van der Waals surface area contributed by atoms with Crippen LogP contribution in [0.1, 0.15) is 32.6 Å². The van der Waals surface area contributed by atoms with Gasteiger partial charge in [0.2, 0.25) is 0 Å². The molecule has 1 spiro atoms. The maximum Gasteiger partial charge on any atom is 0.340 e. The van der Waals surface area contributed by atoms with Gasteiger partial charge in [-0.15, -0.1) is 0 Å². The number of nitrogens with one attached hydrogen (secondary N) is 1. The quantitative estimate of drug-likeness (QED) is 0.239. The average Bonchev–Trinajstić information content (AvgIpc) is 3.14. The highest BCUT2D eigenvalue weighted by atomic mass is 16.6. The lowest BCUT2D eigenvalue weighted by molar-refractivity contribution is 0.0224. The Hall–Kier alpha value is -4.85. The van der Waals surface area contributed by atoms with E-state index in [2.05, 4.69) is 15.5 Å². The Morgan fingerprint density at radius 1 is 0.941 bits per heavy atom. The zero-order valence-electron chi connectivity index (χ0n) is 17.6. The minimum absolute atomic E-state index is 0.0119. The molecule has 0 bridgehead atoms. The van der Waals surface area contributed by atoms with E-state index >= 15 is 0 Å². The van der Waals surface area contributed by atoms with Crippen LogP contribution in [0.2, 0.25) is 0 Å². The van der Waals surface area contributed by atoms with E-state index in [1.54, 1.807) is 42.6 Å². The van der Waals surface area contributed by atoms with Gasteiger partial charge in [0.15, 0.2) is 5.60 Å². The number of hydrogen-bond acceptors (Lipinski definition) is 8. The second kappa shape index (κ2) is 7.35. The number of ether oxygens (including phenoxy) is 2. The van der Waals surface area contributed by atoms with E-state index in [9.17, 15) is 15.0 Å². The molecule has 1 aromatic heterocycles. The SMILES string of the molecule is O=C1OC2(c3ccc(O)cc3Oc3c2ccc(O)c3/C=N/Nc2ccccn2)c2ccccc21. The Bertz CT molecular complexity index is 1490. The van der Waals surface area contributed by atoms with Gasteiger partial charge in [-0.05, 0) is 42.5 Å². The number of fused-ring (bicyclic) bond motifs is 6. The van der Waals surface area contributed by atoms with Crippen molar-refractivity contribution in [2.75, 3.05) is 5.43 Å². The number of hydrazone groups is 1. The molecule has 2 aliphatic rings. The molecule has 0 saturated carbocycles. The largest absolute Gasteiger partial charge is 0.508 e. The van der Waals surface area contributed by atoms with Crippen LogP contribution in [0.5, 0.6) is 23.0 Å². The number of hydrogen-bond donors (Lipinski definition) is 3. The van der Waals surface area contributed by atoms with E-state index in [0.29, 0.717) is 33.8 Å². The topological polar surface area (TPSA) is 113 Å². The number of esters is 1. The zero-order chi connectivity index (χ0) is 23.3. The summed E-state index contributed by atoms with van der Waals surface area (Å²) in [6, 6.07) is 20.3. The van der Waals surface area contributed by atoms with Gasteiger partial charge in [0.25, 0.3) is 0 Å². The number of carbonyl (C=O) groups is 1. The molecular formula is C26H17N3O5. The lowest BCUT2D eigenvalue weighted by atomic mass is 9.77. The predicted molar refractivity (Wildman–Crippen MR) is 123 cm³/mol. The normalized spacial score (nSPS) is 17.6. The van der Waals surface area contributed by atoms with E-state index in [1.165, 1.54) is 24.4 Å². The maximum absolute atomic E-state index is 12.9. The number of rotatable bonds is 3. The third-order valence-corrected chi connectivity index (χ3v) is 5.92. The van der Waals surface area contributed by atoms with Crippen LogP contribution in [0.15, 0.2) is 84.1 Å². The fraction of sp³-hybridized carbons (Fsp3) is 0.0385. The Morgan fingerprint density at radius 3 is 2.62 bits per heavy atom. The number of nitrogens with zero attached hydrogens (tertiary/aromatic N) is 2. The van der Waals surface area contributed by atoms with Crippen LogP contribution in [0.25, 0.3) is 0 Å². The smallest absolute Gasteiger partial charge is 0.340 e. The molecule has 3 aromatic carbocycles. The monoisotopic (exact) mass is 451 g/mol. The standard InChI is InChI=1S/C26H17N3O5/c30-15-8-9-19-22(13-15)33-24-17(14-28-29-23-7-3-4-12-27-23)21(31)11-10-20(24)26(19)18-6-2-1-5-16(18)25(32)34-26/h1-14,30-31H,(H,27,29)/b28-14+. The Morgan fingerprint density at radius 2 is 1.76 bits per heavy atom. The number of phenolic OH excluding ortho intramolecular Hbond substituents is 2. The van der Waals surface area contributed by atoms with Gasteiger partial charge in [0.05, 0.1) is 17.3 Å². The fourth-order valence-corrected chi connectivity index (χ4v) is 4.45. The first kappa shape index (κ1) is 19.8. The Labute approximate surface area is 193 Å². The molecule has 3 N–H and O–H groups in total. The summed E-state index contributed by atoms with van der Waals surface area (Å²) in [6.45, 7) is 0. The molecular weight excluding hydrogens is 434 g/mol. The summed E-state index contributed by atoms with van der Waals surface area (Å²) in [7, 11) is 0. The van der Waals surface area contributed by atoms with Gasteiger partial charge < -0.3 is 19.7 Å². The van der Waals surface area contributed by atoms with Gasteiger partial charge in [-0.3, -0.25) is 5.43 Å². The first-order valence-corrected chi connectivity index (χ1v) is 10.5. The van der Waals surface area contributed by atoms with Crippen molar-refractivity contribution >= 4 is 18.0 Å². The molecule has 2 aliphatic heterocycles. The maximum atomic E-state index is 12.9. The summed E-state index contributed by atoms with van der Waals surface area (Å²) in [5, 5.41) is 25.0. The van der Waals surface area contributed by atoms with Gasteiger partial charge >= 0.3 is 5.97 Å². The molecule has 0 amide bonds. The Balaban J connectivity index is 1.56. The first-order chi connectivity index (χ1) is 16.6. The number of aromatic hydroxyl groups is 2. The van der Waals surface area contributed by atoms with Crippen molar-refractivity contribution in [3.8, 4) is 23.0 Å². The number of aromatic nitrogens is 1. The molecule has 34 heavy (non-hydrogen) atoms. The molecule has 0 aliphatic carbocycles. The molecule has 8 heteroatoms. The van der Waals surface area contributed by atoms with E-state index in [4.69, 9.17) is 9.47 Å². The molecule has 0 fully saturated rings. The highest BCUT2D eigenvalue weighted by Gasteiger charge is 2.54. The zero-order valence-corrected chi connectivity index (χ0v) is 17.6.